The Balaban J connectivity index is 1.76. The van der Waals surface area contributed by atoms with E-state index in [1.807, 2.05) is 29.2 Å². The third-order valence-electron chi connectivity index (χ3n) is 3.79. The molecule has 1 aromatic carbocycles. The third kappa shape index (κ3) is 3.04. The van der Waals surface area contributed by atoms with Crippen molar-refractivity contribution in [3.63, 3.8) is 0 Å². The van der Waals surface area contributed by atoms with Crippen LogP contribution in [-0.2, 0) is 6.42 Å². The number of nitrogens with two attached hydrogens (primary N) is 1. The summed E-state index contributed by atoms with van der Waals surface area (Å²) in [5.41, 5.74) is 6.70. The first-order valence-electron chi connectivity index (χ1n) is 6.91. The normalized spacial score (nSPS) is 18.1. The summed E-state index contributed by atoms with van der Waals surface area (Å²) in [6.07, 6.45) is 4.38. The zero-order valence-corrected chi connectivity index (χ0v) is 13.0. The second-order valence-corrected chi connectivity index (χ2v) is 6.62. The minimum atomic E-state index is 0.0266. The molecule has 3 rings (SSSR count). The molecular formula is C15H16ClN3OS. The molecule has 1 fully saturated rings. The van der Waals surface area contributed by atoms with Crippen LogP contribution in [0.15, 0.2) is 30.5 Å². The Hall–Kier alpha value is -1.59. The number of carbonyl (C=O) groups is 1. The number of aromatic nitrogens is 1. The molecule has 2 aromatic rings. The van der Waals surface area contributed by atoms with E-state index < -0.39 is 0 Å². The van der Waals surface area contributed by atoms with Gasteiger partial charge in [-0.1, -0.05) is 41.1 Å². The number of anilines is 1. The fourth-order valence-electron chi connectivity index (χ4n) is 2.76. The highest BCUT2D eigenvalue weighted by molar-refractivity contribution is 7.17. The van der Waals surface area contributed by atoms with Gasteiger partial charge in [-0.15, -0.1) is 0 Å². The highest BCUT2D eigenvalue weighted by atomic mass is 35.5. The molecule has 0 aliphatic carbocycles. The van der Waals surface area contributed by atoms with Gasteiger partial charge < -0.3 is 10.6 Å². The number of nitrogens with zero attached hydrogens (tertiary/aromatic N) is 2. The molecule has 0 saturated carbocycles. The summed E-state index contributed by atoms with van der Waals surface area (Å²) in [6.45, 7) is 0.783. The summed E-state index contributed by atoms with van der Waals surface area (Å²) in [5.74, 6) is 0.0266. The maximum Gasteiger partial charge on any atom is 0.265 e. The molecule has 1 amide bonds. The SMILES string of the molecule is Nc1ncc(C(=O)N2CCCC2Cc2ccccc2Cl)s1. The summed E-state index contributed by atoms with van der Waals surface area (Å²) in [5, 5.41) is 1.19. The van der Waals surface area contributed by atoms with E-state index in [2.05, 4.69) is 4.98 Å². The molecule has 1 saturated heterocycles. The number of benzene rings is 1. The summed E-state index contributed by atoms with van der Waals surface area (Å²) in [7, 11) is 0. The average Bonchev–Trinajstić information content (AvgIpc) is 3.10. The molecule has 0 bridgehead atoms. The van der Waals surface area contributed by atoms with Crippen LogP contribution in [0.2, 0.25) is 5.02 Å². The van der Waals surface area contributed by atoms with Crippen molar-refractivity contribution in [1.82, 2.24) is 9.88 Å². The Morgan fingerprint density at radius 3 is 3.00 bits per heavy atom. The van der Waals surface area contributed by atoms with Crippen LogP contribution in [0.1, 0.15) is 28.1 Å². The summed E-state index contributed by atoms with van der Waals surface area (Å²) >= 11 is 7.47. The van der Waals surface area contributed by atoms with Gasteiger partial charge in [0, 0.05) is 17.6 Å². The summed E-state index contributed by atoms with van der Waals surface area (Å²) < 4.78 is 0. The average molecular weight is 322 g/mol. The van der Waals surface area contributed by atoms with Crippen molar-refractivity contribution in [3.05, 3.63) is 45.9 Å². The van der Waals surface area contributed by atoms with Crippen LogP contribution in [0.4, 0.5) is 5.13 Å². The molecule has 110 valence electrons. The molecule has 2 heterocycles. The first kappa shape index (κ1) is 14.4. The maximum atomic E-state index is 12.6. The van der Waals surface area contributed by atoms with E-state index in [-0.39, 0.29) is 11.9 Å². The molecule has 2 N–H and O–H groups in total. The quantitative estimate of drug-likeness (QED) is 0.944. The minimum Gasteiger partial charge on any atom is -0.375 e. The van der Waals surface area contributed by atoms with Gasteiger partial charge in [-0.05, 0) is 30.9 Å². The zero-order valence-electron chi connectivity index (χ0n) is 11.5. The largest absolute Gasteiger partial charge is 0.375 e. The Morgan fingerprint density at radius 1 is 1.48 bits per heavy atom. The third-order valence-corrected chi connectivity index (χ3v) is 4.97. The van der Waals surface area contributed by atoms with Gasteiger partial charge in [0.15, 0.2) is 5.13 Å². The molecule has 21 heavy (non-hydrogen) atoms. The standard InChI is InChI=1S/C15H16ClN3OS/c16-12-6-2-1-4-10(12)8-11-5-3-7-19(11)14(20)13-9-18-15(17)21-13/h1-2,4,6,9,11H,3,5,7-8H2,(H2,17,18). The van der Waals surface area contributed by atoms with Gasteiger partial charge in [0.05, 0.1) is 6.20 Å². The summed E-state index contributed by atoms with van der Waals surface area (Å²) in [6, 6.07) is 8.01. The zero-order chi connectivity index (χ0) is 14.8. The smallest absolute Gasteiger partial charge is 0.265 e. The van der Waals surface area contributed by atoms with Crippen molar-refractivity contribution in [1.29, 1.82) is 0 Å². The Kier molecular flexibility index (Phi) is 4.12. The van der Waals surface area contributed by atoms with Crippen LogP contribution in [-0.4, -0.2) is 28.4 Å². The number of halogens is 1. The van der Waals surface area contributed by atoms with Crippen molar-refractivity contribution in [2.24, 2.45) is 0 Å². The van der Waals surface area contributed by atoms with Gasteiger partial charge >= 0.3 is 0 Å². The van der Waals surface area contributed by atoms with Crippen LogP contribution in [0, 0.1) is 0 Å². The second-order valence-electron chi connectivity index (χ2n) is 5.15. The second kappa shape index (κ2) is 6.03. The number of likely N-dealkylation sites (tertiary alicyclic amines) is 1. The van der Waals surface area contributed by atoms with Gasteiger partial charge in [0.2, 0.25) is 0 Å². The lowest BCUT2D eigenvalue weighted by Crippen LogP contribution is -2.36. The van der Waals surface area contributed by atoms with Crippen LogP contribution < -0.4 is 5.73 Å². The minimum absolute atomic E-state index is 0.0266. The fraction of sp³-hybridized carbons (Fsp3) is 0.333. The topological polar surface area (TPSA) is 59.2 Å². The molecule has 1 aliphatic rings. The highest BCUT2D eigenvalue weighted by Gasteiger charge is 2.30. The number of rotatable bonds is 3. The van der Waals surface area contributed by atoms with Crippen LogP contribution in [0.25, 0.3) is 0 Å². The van der Waals surface area contributed by atoms with E-state index in [1.165, 1.54) is 11.3 Å². The monoisotopic (exact) mass is 321 g/mol. The van der Waals surface area contributed by atoms with E-state index >= 15 is 0 Å². The lowest BCUT2D eigenvalue weighted by atomic mass is 10.0. The number of hydrogen-bond acceptors (Lipinski definition) is 4. The Morgan fingerprint density at radius 2 is 2.29 bits per heavy atom. The lowest BCUT2D eigenvalue weighted by molar-refractivity contribution is 0.0741. The number of thiazole rings is 1. The molecule has 1 aliphatic heterocycles. The van der Waals surface area contributed by atoms with Crippen molar-refractivity contribution >= 4 is 34.0 Å². The predicted octanol–water partition coefficient (Wildman–Crippen LogP) is 3.23. The molecule has 1 aromatic heterocycles. The molecule has 1 unspecified atom stereocenters. The van der Waals surface area contributed by atoms with Crippen LogP contribution in [0.3, 0.4) is 0 Å². The van der Waals surface area contributed by atoms with Gasteiger partial charge in [-0.3, -0.25) is 4.79 Å². The Bertz CT molecular complexity index is 658. The van der Waals surface area contributed by atoms with E-state index in [0.717, 1.165) is 36.4 Å². The predicted molar refractivity (Wildman–Crippen MR) is 85.7 cm³/mol. The van der Waals surface area contributed by atoms with Gasteiger partial charge in [-0.25, -0.2) is 4.98 Å². The summed E-state index contributed by atoms with van der Waals surface area (Å²) in [4.78, 5) is 19.1. The van der Waals surface area contributed by atoms with Crippen molar-refractivity contribution < 1.29 is 4.79 Å². The van der Waals surface area contributed by atoms with Gasteiger partial charge in [0.1, 0.15) is 4.88 Å². The first-order chi connectivity index (χ1) is 10.1. The molecule has 4 nitrogen and oxygen atoms in total. The molecule has 1 atom stereocenters. The van der Waals surface area contributed by atoms with E-state index in [1.54, 1.807) is 6.20 Å². The van der Waals surface area contributed by atoms with E-state index in [4.69, 9.17) is 17.3 Å². The molecule has 6 heteroatoms. The van der Waals surface area contributed by atoms with Gasteiger partial charge in [0.25, 0.3) is 5.91 Å². The highest BCUT2D eigenvalue weighted by Crippen LogP contribution is 2.27. The molecule has 0 radical (unpaired) electrons. The molecule has 0 spiro atoms. The van der Waals surface area contributed by atoms with Crippen LogP contribution >= 0.6 is 22.9 Å². The Labute approximate surface area is 132 Å². The van der Waals surface area contributed by atoms with Crippen molar-refractivity contribution in [2.45, 2.75) is 25.3 Å². The number of amides is 1. The van der Waals surface area contributed by atoms with E-state index in [0.29, 0.717) is 10.0 Å². The lowest BCUT2D eigenvalue weighted by Gasteiger charge is -2.24. The van der Waals surface area contributed by atoms with Crippen LogP contribution in [0.5, 0.6) is 0 Å². The number of carbonyl (C=O) groups excluding carboxylic acids is 1. The van der Waals surface area contributed by atoms with Crippen molar-refractivity contribution in [2.75, 3.05) is 12.3 Å². The molecular weight excluding hydrogens is 306 g/mol. The maximum absolute atomic E-state index is 12.6. The van der Waals surface area contributed by atoms with Crippen molar-refractivity contribution in [3.8, 4) is 0 Å². The number of hydrogen-bond donors (Lipinski definition) is 1. The van der Waals surface area contributed by atoms with E-state index in [9.17, 15) is 4.79 Å². The fourth-order valence-corrected chi connectivity index (χ4v) is 3.61. The number of nitrogen functional groups attached to an aromatic ring is 1. The first-order valence-corrected chi connectivity index (χ1v) is 8.10. The van der Waals surface area contributed by atoms with Gasteiger partial charge in [-0.2, -0.15) is 0 Å².